The van der Waals surface area contributed by atoms with E-state index in [-0.39, 0.29) is 28.6 Å². The molecule has 0 N–H and O–H groups in total. The van der Waals surface area contributed by atoms with E-state index in [1.807, 2.05) is 79.7 Å². The summed E-state index contributed by atoms with van der Waals surface area (Å²) in [6, 6.07) is 29.2. The number of rotatable bonds is 5. The van der Waals surface area contributed by atoms with Gasteiger partial charge in [-0.25, -0.2) is 4.98 Å². The molecule has 8 rings (SSSR count). The van der Waals surface area contributed by atoms with E-state index in [1.54, 1.807) is 29.2 Å². The number of thiazole rings is 1. The Morgan fingerprint density at radius 3 is 2.51 bits per heavy atom. The minimum atomic E-state index is -1.81. The Morgan fingerprint density at radius 2 is 1.67 bits per heavy atom. The van der Waals surface area contributed by atoms with Gasteiger partial charge in [-0.05, 0) is 48.9 Å². The van der Waals surface area contributed by atoms with Crippen molar-refractivity contribution in [2.45, 2.75) is 19.0 Å². The van der Waals surface area contributed by atoms with Crippen molar-refractivity contribution < 1.29 is 18.7 Å². The van der Waals surface area contributed by atoms with Gasteiger partial charge in [0.25, 0.3) is 11.8 Å². The number of carbonyl (C=O) groups excluding carboxylic acids is 2. The Balaban J connectivity index is 1.43. The van der Waals surface area contributed by atoms with Crippen molar-refractivity contribution in [3.63, 3.8) is 0 Å². The highest BCUT2D eigenvalue weighted by Gasteiger charge is 2.66. The second-order valence-corrected chi connectivity index (χ2v) is 11.4. The zero-order valence-electron chi connectivity index (χ0n) is 22.9. The van der Waals surface area contributed by atoms with Crippen LogP contribution in [0.4, 0.5) is 10.8 Å². The number of hydrogen-bond donors (Lipinski definition) is 0. The van der Waals surface area contributed by atoms with Crippen molar-refractivity contribution >= 4 is 55.2 Å². The van der Waals surface area contributed by atoms with E-state index in [0.717, 1.165) is 10.3 Å². The maximum absolute atomic E-state index is 15.0. The molecule has 43 heavy (non-hydrogen) atoms. The largest absolute Gasteiger partial charge is 0.494 e. The summed E-state index contributed by atoms with van der Waals surface area (Å²) >= 11 is 1.26. The molecule has 4 heterocycles. The van der Waals surface area contributed by atoms with Crippen LogP contribution in [0, 0.1) is 0 Å². The number of benzene rings is 4. The predicted molar refractivity (Wildman–Crippen MR) is 165 cm³/mol. The fourth-order valence-electron chi connectivity index (χ4n) is 6.28. The highest BCUT2D eigenvalue weighted by atomic mass is 32.1. The highest BCUT2D eigenvalue weighted by Crippen LogP contribution is 2.55. The monoisotopic (exact) mass is 585 g/mol. The summed E-state index contributed by atoms with van der Waals surface area (Å²) in [6.07, 6.45) is 0. The van der Waals surface area contributed by atoms with Crippen LogP contribution in [-0.4, -0.2) is 23.4 Å². The van der Waals surface area contributed by atoms with Crippen molar-refractivity contribution in [1.82, 2.24) is 4.98 Å². The van der Waals surface area contributed by atoms with E-state index in [1.165, 1.54) is 16.2 Å². The van der Waals surface area contributed by atoms with Crippen molar-refractivity contribution in [3.05, 3.63) is 130 Å². The van der Waals surface area contributed by atoms with Gasteiger partial charge in [-0.1, -0.05) is 72.0 Å². The van der Waals surface area contributed by atoms with Gasteiger partial charge >= 0.3 is 0 Å². The number of carbonyl (C=O) groups is 2. The van der Waals surface area contributed by atoms with Crippen LogP contribution in [0.25, 0.3) is 21.2 Å². The fourth-order valence-corrected chi connectivity index (χ4v) is 7.32. The molecule has 2 aliphatic rings. The molecular weight excluding hydrogens is 562 g/mol. The van der Waals surface area contributed by atoms with E-state index < -0.39 is 22.8 Å². The van der Waals surface area contributed by atoms with Crippen LogP contribution in [0.2, 0.25) is 0 Å². The topological polar surface area (TPSA) is 93.0 Å². The molecule has 210 valence electrons. The number of aromatic nitrogens is 1. The molecular formula is C34H23N3O5S. The highest BCUT2D eigenvalue weighted by molar-refractivity contribution is 7.22. The zero-order valence-corrected chi connectivity index (χ0v) is 23.8. The van der Waals surface area contributed by atoms with Gasteiger partial charge in [0.05, 0.1) is 40.0 Å². The molecule has 2 aromatic heterocycles. The summed E-state index contributed by atoms with van der Waals surface area (Å²) in [7, 11) is 0. The molecule has 0 saturated heterocycles. The lowest BCUT2D eigenvalue weighted by Crippen LogP contribution is -2.53. The van der Waals surface area contributed by atoms with Gasteiger partial charge in [-0.3, -0.25) is 19.3 Å². The predicted octanol–water partition coefficient (Wildman–Crippen LogP) is 6.25. The first kappa shape index (κ1) is 25.4. The Hall–Kier alpha value is -5.28. The SMILES string of the molecule is CCOc1ccc2nc(N3C(=O)c4oc5ccccc5c(=O)c4C34C(=O)N(Cc3ccccc3)c3ccccc34)sc2c1. The van der Waals surface area contributed by atoms with Crippen LogP contribution in [-0.2, 0) is 16.9 Å². The standard InChI is InChI=1S/C34H23N3O5S/c1-2-41-21-16-17-24-27(18-21)43-33(35-24)37-31(39)30-28(29(38)22-12-6-9-15-26(22)42-30)34(37)23-13-7-8-14-25(23)36(32(34)40)19-20-10-4-3-5-11-20/h3-18H,2,19H2,1H3. The number of hydrogen-bond acceptors (Lipinski definition) is 7. The second-order valence-electron chi connectivity index (χ2n) is 10.4. The molecule has 0 saturated carbocycles. The summed E-state index contributed by atoms with van der Waals surface area (Å²) in [5, 5.41) is 0.584. The average molecular weight is 586 g/mol. The van der Waals surface area contributed by atoms with Crippen LogP contribution in [0.1, 0.15) is 34.2 Å². The zero-order chi connectivity index (χ0) is 29.3. The Labute approximate surface area is 249 Å². The van der Waals surface area contributed by atoms with Crippen molar-refractivity contribution in [2.24, 2.45) is 0 Å². The molecule has 1 spiro atoms. The lowest BCUT2D eigenvalue weighted by atomic mass is 9.84. The maximum atomic E-state index is 15.0. The van der Waals surface area contributed by atoms with Gasteiger partial charge in [-0.15, -0.1) is 0 Å². The number of nitrogens with zero attached hydrogens (tertiary/aromatic N) is 3. The fraction of sp³-hybridized carbons (Fsp3) is 0.118. The van der Waals surface area contributed by atoms with Crippen molar-refractivity contribution in [3.8, 4) is 5.75 Å². The smallest absolute Gasteiger partial charge is 0.297 e. The van der Waals surface area contributed by atoms with Crippen LogP contribution in [0.5, 0.6) is 5.75 Å². The van der Waals surface area contributed by atoms with Crippen molar-refractivity contribution in [2.75, 3.05) is 16.4 Å². The van der Waals surface area contributed by atoms with E-state index in [2.05, 4.69) is 0 Å². The molecule has 0 bridgehead atoms. The normalized spacial score (nSPS) is 17.3. The third-order valence-electron chi connectivity index (χ3n) is 8.07. The van der Waals surface area contributed by atoms with Gasteiger partial charge in [0.2, 0.25) is 5.76 Å². The Kier molecular flexibility index (Phi) is 5.54. The molecule has 4 aromatic carbocycles. The van der Waals surface area contributed by atoms with Crippen LogP contribution in [0.3, 0.4) is 0 Å². The lowest BCUT2D eigenvalue weighted by molar-refractivity contribution is -0.121. The average Bonchev–Trinajstić information content (AvgIpc) is 3.64. The molecule has 6 aromatic rings. The van der Waals surface area contributed by atoms with E-state index in [9.17, 15) is 9.59 Å². The third-order valence-corrected chi connectivity index (χ3v) is 9.07. The Morgan fingerprint density at radius 1 is 0.907 bits per heavy atom. The molecule has 9 heteroatoms. The van der Waals surface area contributed by atoms with Gasteiger partial charge in [0.15, 0.2) is 16.1 Å². The quantitative estimate of drug-likeness (QED) is 0.237. The van der Waals surface area contributed by atoms with Gasteiger partial charge in [0, 0.05) is 5.56 Å². The number of para-hydroxylation sites is 2. The third kappa shape index (κ3) is 3.48. The number of ether oxygens (including phenoxy) is 1. The van der Waals surface area contributed by atoms with Gasteiger partial charge in [0.1, 0.15) is 11.3 Å². The lowest BCUT2D eigenvalue weighted by Gasteiger charge is -2.32. The molecule has 2 amide bonds. The molecule has 2 aliphatic heterocycles. The Bertz CT molecular complexity index is 2170. The van der Waals surface area contributed by atoms with E-state index >= 15 is 4.79 Å². The maximum Gasteiger partial charge on any atom is 0.297 e. The second kappa shape index (κ2) is 9.37. The first-order valence-corrected chi connectivity index (χ1v) is 14.7. The van der Waals surface area contributed by atoms with Crippen LogP contribution >= 0.6 is 11.3 Å². The first-order chi connectivity index (χ1) is 21.0. The van der Waals surface area contributed by atoms with Crippen molar-refractivity contribution in [1.29, 1.82) is 0 Å². The first-order valence-electron chi connectivity index (χ1n) is 13.9. The summed E-state index contributed by atoms with van der Waals surface area (Å²) in [5.41, 5.74) is 0.769. The van der Waals surface area contributed by atoms with Crippen LogP contribution in [0.15, 0.2) is 106 Å². The van der Waals surface area contributed by atoms with Gasteiger partial charge < -0.3 is 14.1 Å². The van der Waals surface area contributed by atoms with Crippen LogP contribution < -0.4 is 20.0 Å². The van der Waals surface area contributed by atoms with E-state index in [0.29, 0.717) is 34.5 Å². The summed E-state index contributed by atoms with van der Waals surface area (Å²) < 4.78 is 12.6. The van der Waals surface area contributed by atoms with E-state index in [4.69, 9.17) is 14.1 Å². The summed E-state index contributed by atoms with van der Waals surface area (Å²) in [5.74, 6) is -0.480. The molecule has 0 radical (unpaired) electrons. The minimum Gasteiger partial charge on any atom is -0.494 e. The molecule has 1 atom stereocenters. The summed E-state index contributed by atoms with van der Waals surface area (Å²) in [4.78, 5) is 51.7. The minimum absolute atomic E-state index is 0.0125. The molecule has 0 fully saturated rings. The number of fused-ring (bicyclic) bond motifs is 6. The number of anilines is 2. The number of amides is 2. The molecule has 1 unspecified atom stereocenters. The molecule has 0 aliphatic carbocycles. The summed E-state index contributed by atoms with van der Waals surface area (Å²) in [6.45, 7) is 2.67. The molecule has 8 nitrogen and oxygen atoms in total. The van der Waals surface area contributed by atoms with Gasteiger partial charge in [-0.2, -0.15) is 0 Å².